The smallest absolute Gasteiger partial charge is 0.222 e. The molecule has 0 aromatic heterocycles. The molecule has 4 nitrogen and oxygen atoms in total. The lowest BCUT2D eigenvalue weighted by atomic mass is 10.2. The first-order valence-electron chi connectivity index (χ1n) is 6.30. The fourth-order valence-corrected chi connectivity index (χ4v) is 1.66. The molecule has 19 heavy (non-hydrogen) atoms. The highest BCUT2D eigenvalue weighted by Gasteiger charge is 2.11. The molecule has 0 bridgehead atoms. The van der Waals surface area contributed by atoms with Gasteiger partial charge in [0, 0.05) is 33.0 Å². The van der Waals surface area contributed by atoms with Gasteiger partial charge in [-0.1, -0.05) is 36.4 Å². The van der Waals surface area contributed by atoms with Crippen LogP contribution in [0.25, 0.3) is 0 Å². The van der Waals surface area contributed by atoms with Crippen LogP contribution in [0.15, 0.2) is 43.0 Å². The van der Waals surface area contributed by atoms with E-state index < -0.39 is 0 Å². The fourth-order valence-electron chi connectivity index (χ4n) is 1.66. The molecule has 0 aliphatic carbocycles. The van der Waals surface area contributed by atoms with E-state index in [1.807, 2.05) is 30.3 Å². The SMILES string of the molecule is C=CCNC(=O)CCN(Cc1ccccc1)C(C)=O. The number of nitrogens with zero attached hydrogens (tertiary/aromatic N) is 1. The van der Waals surface area contributed by atoms with Crippen molar-refractivity contribution in [2.45, 2.75) is 19.9 Å². The molecule has 2 amide bonds. The van der Waals surface area contributed by atoms with Gasteiger partial charge in [-0.05, 0) is 5.56 Å². The highest BCUT2D eigenvalue weighted by Crippen LogP contribution is 2.05. The summed E-state index contributed by atoms with van der Waals surface area (Å²) < 4.78 is 0. The van der Waals surface area contributed by atoms with Crippen molar-refractivity contribution in [3.63, 3.8) is 0 Å². The first kappa shape index (κ1) is 15.0. The van der Waals surface area contributed by atoms with Crippen LogP contribution in [-0.4, -0.2) is 29.8 Å². The molecule has 1 rings (SSSR count). The molecule has 0 radical (unpaired) electrons. The normalized spacial score (nSPS) is 9.74. The van der Waals surface area contributed by atoms with E-state index in [0.717, 1.165) is 5.56 Å². The van der Waals surface area contributed by atoms with Crippen LogP contribution in [0.2, 0.25) is 0 Å². The van der Waals surface area contributed by atoms with Crippen LogP contribution in [0.5, 0.6) is 0 Å². The highest BCUT2D eigenvalue weighted by atomic mass is 16.2. The van der Waals surface area contributed by atoms with Gasteiger partial charge in [0.05, 0.1) is 0 Å². The molecule has 0 saturated carbocycles. The summed E-state index contributed by atoms with van der Waals surface area (Å²) in [6.07, 6.45) is 1.94. The standard InChI is InChI=1S/C15H20N2O2/c1-3-10-16-15(19)9-11-17(13(2)18)12-14-7-5-4-6-8-14/h3-8H,1,9-12H2,2H3,(H,16,19). The Labute approximate surface area is 114 Å². The maximum Gasteiger partial charge on any atom is 0.222 e. The van der Waals surface area contributed by atoms with Crippen molar-refractivity contribution in [3.05, 3.63) is 48.6 Å². The number of hydrogen-bond acceptors (Lipinski definition) is 2. The minimum Gasteiger partial charge on any atom is -0.353 e. The van der Waals surface area contributed by atoms with Crippen molar-refractivity contribution in [2.24, 2.45) is 0 Å². The molecule has 0 unspecified atom stereocenters. The quantitative estimate of drug-likeness (QED) is 0.759. The van der Waals surface area contributed by atoms with Gasteiger partial charge in [0.25, 0.3) is 0 Å². The van der Waals surface area contributed by atoms with Crippen molar-refractivity contribution >= 4 is 11.8 Å². The Kier molecular flexibility index (Phi) is 6.36. The predicted molar refractivity (Wildman–Crippen MR) is 75.4 cm³/mol. The van der Waals surface area contributed by atoms with E-state index in [0.29, 0.717) is 26.1 Å². The zero-order valence-corrected chi connectivity index (χ0v) is 11.3. The van der Waals surface area contributed by atoms with Crippen LogP contribution in [-0.2, 0) is 16.1 Å². The lowest BCUT2D eigenvalue weighted by Gasteiger charge is -2.20. The minimum atomic E-state index is -0.0702. The van der Waals surface area contributed by atoms with Gasteiger partial charge in [-0.3, -0.25) is 9.59 Å². The van der Waals surface area contributed by atoms with E-state index in [1.165, 1.54) is 6.92 Å². The lowest BCUT2D eigenvalue weighted by molar-refractivity contribution is -0.130. The highest BCUT2D eigenvalue weighted by molar-refractivity contribution is 5.78. The Hall–Kier alpha value is -2.10. The van der Waals surface area contributed by atoms with Crippen molar-refractivity contribution in [3.8, 4) is 0 Å². The van der Waals surface area contributed by atoms with Gasteiger partial charge in [0.15, 0.2) is 0 Å². The number of carbonyl (C=O) groups is 2. The molecule has 0 fully saturated rings. The van der Waals surface area contributed by atoms with Gasteiger partial charge >= 0.3 is 0 Å². The van der Waals surface area contributed by atoms with Gasteiger partial charge in [0.2, 0.25) is 11.8 Å². The maximum atomic E-state index is 11.6. The molecular weight excluding hydrogens is 240 g/mol. The largest absolute Gasteiger partial charge is 0.353 e. The van der Waals surface area contributed by atoms with Gasteiger partial charge < -0.3 is 10.2 Å². The molecule has 0 saturated heterocycles. The summed E-state index contributed by atoms with van der Waals surface area (Å²) in [5.41, 5.74) is 1.06. The first-order valence-corrected chi connectivity index (χ1v) is 6.30. The second-order valence-corrected chi connectivity index (χ2v) is 4.27. The third kappa shape index (κ3) is 5.86. The molecule has 1 aromatic rings. The summed E-state index contributed by atoms with van der Waals surface area (Å²) in [5.74, 6) is -0.0976. The minimum absolute atomic E-state index is 0.0274. The maximum absolute atomic E-state index is 11.6. The van der Waals surface area contributed by atoms with Gasteiger partial charge in [-0.15, -0.1) is 6.58 Å². The molecule has 0 spiro atoms. The molecule has 102 valence electrons. The molecule has 4 heteroatoms. The van der Waals surface area contributed by atoms with Crippen LogP contribution in [0.3, 0.4) is 0 Å². The number of rotatable bonds is 7. The lowest BCUT2D eigenvalue weighted by Crippen LogP contribution is -2.33. The molecule has 0 aliphatic heterocycles. The summed E-state index contributed by atoms with van der Waals surface area (Å²) >= 11 is 0. The van der Waals surface area contributed by atoms with Gasteiger partial charge in [0.1, 0.15) is 0 Å². The number of benzene rings is 1. The summed E-state index contributed by atoms with van der Waals surface area (Å²) in [6, 6.07) is 9.74. The topological polar surface area (TPSA) is 49.4 Å². The number of amides is 2. The summed E-state index contributed by atoms with van der Waals surface area (Å²) in [6.45, 7) is 6.46. The molecular formula is C15H20N2O2. The van der Waals surface area contributed by atoms with Crippen LogP contribution in [0.4, 0.5) is 0 Å². The molecule has 1 aromatic carbocycles. The van der Waals surface area contributed by atoms with Crippen LogP contribution < -0.4 is 5.32 Å². The third-order valence-electron chi connectivity index (χ3n) is 2.71. The van der Waals surface area contributed by atoms with E-state index in [1.54, 1.807) is 11.0 Å². The first-order chi connectivity index (χ1) is 9.13. The summed E-state index contributed by atoms with van der Waals surface area (Å²) in [5, 5.41) is 2.70. The summed E-state index contributed by atoms with van der Waals surface area (Å²) in [4.78, 5) is 24.7. The van der Waals surface area contributed by atoms with E-state index in [9.17, 15) is 9.59 Å². The Bertz CT molecular complexity index is 429. The third-order valence-corrected chi connectivity index (χ3v) is 2.71. The van der Waals surface area contributed by atoms with E-state index >= 15 is 0 Å². The van der Waals surface area contributed by atoms with Crippen LogP contribution in [0.1, 0.15) is 18.9 Å². The number of hydrogen-bond donors (Lipinski definition) is 1. The zero-order chi connectivity index (χ0) is 14.1. The van der Waals surface area contributed by atoms with E-state index in [2.05, 4.69) is 11.9 Å². The van der Waals surface area contributed by atoms with Gasteiger partial charge in [-0.25, -0.2) is 0 Å². The molecule has 0 aliphatic rings. The monoisotopic (exact) mass is 260 g/mol. The van der Waals surface area contributed by atoms with E-state index in [4.69, 9.17) is 0 Å². The average Bonchev–Trinajstić information content (AvgIpc) is 2.41. The molecule has 1 N–H and O–H groups in total. The number of nitrogens with one attached hydrogen (secondary N) is 1. The van der Waals surface area contributed by atoms with Crippen LogP contribution >= 0.6 is 0 Å². The Balaban J connectivity index is 2.47. The molecule has 0 heterocycles. The molecule has 0 atom stereocenters. The number of carbonyl (C=O) groups excluding carboxylic acids is 2. The van der Waals surface area contributed by atoms with Gasteiger partial charge in [-0.2, -0.15) is 0 Å². The van der Waals surface area contributed by atoms with Crippen molar-refractivity contribution < 1.29 is 9.59 Å². The zero-order valence-electron chi connectivity index (χ0n) is 11.3. The Morgan fingerprint density at radius 3 is 2.58 bits per heavy atom. The Morgan fingerprint density at radius 1 is 1.32 bits per heavy atom. The average molecular weight is 260 g/mol. The fraction of sp³-hybridized carbons (Fsp3) is 0.333. The van der Waals surface area contributed by atoms with E-state index in [-0.39, 0.29) is 11.8 Å². The second-order valence-electron chi connectivity index (χ2n) is 4.27. The second kappa shape index (κ2) is 8.08. The predicted octanol–water partition coefficient (Wildman–Crippen LogP) is 1.73. The Morgan fingerprint density at radius 2 is 2.00 bits per heavy atom. The van der Waals surface area contributed by atoms with Crippen LogP contribution in [0, 0.1) is 0 Å². The van der Waals surface area contributed by atoms with Crippen molar-refractivity contribution in [2.75, 3.05) is 13.1 Å². The van der Waals surface area contributed by atoms with Crippen molar-refractivity contribution in [1.82, 2.24) is 10.2 Å². The van der Waals surface area contributed by atoms with Crippen molar-refractivity contribution in [1.29, 1.82) is 0 Å². The summed E-state index contributed by atoms with van der Waals surface area (Å²) in [7, 11) is 0.